The highest BCUT2D eigenvalue weighted by Gasteiger charge is 2.36. The van der Waals surface area contributed by atoms with Crippen LogP contribution in [0.25, 0.3) is 0 Å². The Morgan fingerprint density at radius 1 is 1.41 bits per heavy atom. The first-order valence-corrected chi connectivity index (χ1v) is 5.90. The lowest BCUT2D eigenvalue weighted by atomic mass is 9.74. The summed E-state index contributed by atoms with van der Waals surface area (Å²) in [5.41, 5.74) is 5.84. The molecule has 1 amide bonds. The average Bonchev–Trinajstić information content (AvgIpc) is 2.52. The molecule has 0 radical (unpaired) electrons. The van der Waals surface area contributed by atoms with E-state index in [1.165, 1.54) is 6.07 Å². The molecule has 2 rings (SSSR count). The second-order valence-electron chi connectivity index (χ2n) is 4.59. The third kappa shape index (κ3) is 2.31. The summed E-state index contributed by atoms with van der Waals surface area (Å²) in [4.78, 5) is 11.7. The number of halogens is 1. The molecular weight excluding hydrogens is 219 g/mol. The fraction of sp³-hybridized carbons (Fsp3) is 0.462. The van der Waals surface area contributed by atoms with Crippen molar-refractivity contribution in [1.82, 2.24) is 5.32 Å². The average molecular weight is 236 g/mol. The van der Waals surface area contributed by atoms with Crippen LogP contribution >= 0.6 is 0 Å². The molecule has 1 aromatic rings. The standard InChI is InChI=1S/C13H17FN2O/c14-11-5-2-1-4-10(11)13(9-15)6-3-7-16-12(17)8-13/h1-2,4-5H,3,6-9,15H2,(H,16,17). The molecule has 1 aliphatic rings. The van der Waals surface area contributed by atoms with Crippen LogP contribution in [0.3, 0.4) is 0 Å². The molecule has 17 heavy (non-hydrogen) atoms. The van der Waals surface area contributed by atoms with E-state index in [1.807, 2.05) is 0 Å². The summed E-state index contributed by atoms with van der Waals surface area (Å²) in [6.45, 7) is 0.941. The number of amides is 1. The van der Waals surface area contributed by atoms with Crippen LogP contribution in [0.5, 0.6) is 0 Å². The zero-order valence-corrected chi connectivity index (χ0v) is 9.71. The van der Waals surface area contributed by atoms with Crippen molar-refractivity contribution in [2.75, 3.05) is 13.1 Å². The number of nitrogens with one attached hydrogen (secondary N) is 1. The predicted molar refractivity (Wildman–Crippen MR) is 64.0 cm³/mol. The Bertz CT molecular complexity index is 422. The van der Waals surface area contributed by atoms with Crippen molar-refractivity contribution in [3.63, 3.8) is 0 Å². The van der Waals surface area contributed by atoms with E-state index in [-0.39, 0.29) is 18.1 Å². The van der Waals surface area contributed by atoms with Crippen molar-refractivity contribution in [3.05, 3.63) is 35.6 Å². The van der Waals surface area contributed by atoms with Crippen molar-refractivity contribution in [2.24, 2.45) is 5.73 Å². The maximum atomic E-state index is 13.9. The van der Waals surface area contributed by atoms with Crippen LogP contribution in [-0.2, 0) is 10.2 Å². The van der Waals surface area contributed by atoms with E-state index in [4.69, 9.17) is 5.73 Å². The molecular formula is C13H17FN2O. The van der Waals surface area contributed by atoms with E-state index in [9.17, 15) is 9.18 Å². The van der Waals surface area contributed by atoms with E-state index >= 15 is 0 Å². The Morgan fingerprint density at radius 2 is 2.18 bits per heavy atom. The van der Waals surface area contributed by atoms with Crippen LogP contribution in [0.2, 0.25) is 0 Å². The van der Waals surface area contributed by atoms with Crippen molar-refractivity contribution in [2.45, 2.75) is 24.7 Å². The highest BCUT2D eigenvalue weighted by atomic mass is 19.1. The molecule has 1 unspecified atom stereocenters. The Labute approximate surface area is 100 Å². The van der Waals surface area contributed by atoms with Gasteiger partial charge in [0.25, 0.3) is 0 Å². The number of rotatable bonds is 2. The molecule has 1 heterocycles. The molecule has 4 heteroatoms. The topological polar surface area (TPSA) is 55.1 Å². The third-order valence-corrected chi connectivity index (χ3v) is 3.49. The molecule has 1 saturated heterocycles. The predicted octanol–water partition coefficient (Wildman–Crippen LogP) is 1.32. The minimum atomic E-state index is -0.550. The summed E-state index contributed by atoms with van der Waals surface area (Å²) in [6.07, 6.45) is 1.84. The van der Waals surface area contributed by atoms with Crippen LogP contribution in [0.4, 0.5) is 4.39 Å². The number of hydrogen-bond acceptors (Lipinski definition) is 2. The Hall–Kier alpha value is -1.42. The third-order valence-electron chi connectivity index (χ3n) is 3.49. The maximum absolute atomic E-state index is 13.9. The Kier molecular flexibility index (Phi) is 3.43. The molecule has 1 aromatic carbocycles. The molecule has 0 aliphatic carbocycles. The SMILES string of the molecule is NCC1(c2ccccc2F)CCCNC(=O)C1. The van der Waals surface area contributed by atoms with E-state index in [2.05, 4.69) is 5.32 Å². The Morgan fingerprint density at radius 3 is 2.88 bits per heavy atom. The van der Waals surface area contributed by atoms with Crippen LogP contribution in [-0.4, -0.2) is 19.0 Å². The second-order valence-corrected chi connectivity index (χ2v) is 4.59. The lowest BCUT2D eigenvalue weighted by Gasteiger charge is -2.31. The van der Waals surface area contributed by atoms with Gasteiger partial charge in [0.2, 0.25) is 5.91 Å². The van der Waals surface area contributed by atoms with Gasteiger partial charge in [0.05, 0.1) is 0 Å². The summed E-state index contributed by atoms with van der Waals surface area (Å²) in [5.74, 6) is -0.316. The van der Waals surface area contributed by atoms with Crippen molar-refractivity contribution in [3.8, 4) is 0 Å². The van der Waals surface area contributed by atoms with Crippen LogP contribution in [0.15, 0.2) is 24.3 Å². The van der Waals surface area contributed by atoms with E-state index in [1.54, 1.807) is 18.2 Å². The first-order chi connectivity index (χ1) is 8.18. The highest BCUT2D eigenvalue weighted by molar-refractivity contribution is 5.78. The summed E-state index contributed by atoms with van der Waals surface area (Å²) in [5, 5.41) is 2.81. The second kappa shape index (κ2) is 4.84. The summed E-state index contributed by atoms with van der Waals surface area (Å²) < 4.78 is 13.9. The normalized spacial score (nSPS) is 25.2. The van der Waals surface area contributed by atoms with E-state index in [0.29, 0.717) is 18.7 Å². The fourth-order valence-electron chi connectivity index (χ4n) is 2.52. The zero-order valence-electron chi connectivity index (χ0n) is 9.71. The van der Waals surface area contributed by atoms with Crippen molar-refractivity contribution >= 4 is 5.91 Å². The largest absolute Gasteiger partial charge is 0.356 e. The van der Waals surface area contributed by atoms with Crippen molar-refractivity contribution in [1.29, 1.82) is 0 Å². The lowest BCUT2D eigenvalue weighted by molar-refractivity contribution is -0.121. The van der Waals surface area contributed by atoms with Crippen LogP contribution < -0.4 is 11.1 Å². The van der Waals surface area contributed by atoms with E-state index in [0.717, 1.165) is 12.8 Å². The van der Waals surface area contributed by atoms with Crippen LogP contribution in [0.1, 0.15) is 24.8 Å². The number of benzene rings is 1. The molecule has 1 aliphatic heterocycles. The summed E-state index contributed by atoms with van der Waals surface area (Å²) in [7, 11) is 0. The van der Waals surface area contributed by atoms with Gasteiger partial charge in [0.15, 0.2) is 0 Å². The molecule has 1 atom stereocenters. The number of nitrogens with two attached hydrogens (primary N) is 1. The van der Waals surface area contributed by atoms with Gasteiger partial charge in [-0.15, -0.1) is 0 Å². The van der Waals surface area contributed by atoms with Gasteiger partial charge in [-0.2, -0.15) is 0 Å². The van der Waals surface area contributed by atoms with Gasteiger partial charge in [-0.25, -0.2) is 4.39 Å². The summed E-state index contributed by atoms with van der Waals surface area (Å²) >= 11 is 0. The number of carbonyl (C=O) groups is 1. The molecule has 1 fully saturated rings. The smallest absolute Gasteiger partial charge is 0.220 e. The number of carbonyl (C=O) groups excluding carboxylic acids is 1. The molecule has 0 bridgehead atoms. The number of hydrogen-bond donors (Lipinski definition) is 2. The quantitative estimate of drug-likeness (QED) is 0.813. The zero-order chi connectivity index (χ0) is 12.3. The van der Waals surface area contributed by atoms with Gasteiger partial charge in [0, 0.05) is 24.9 Å². The van der Waals surface area contributed by atoms with Gasteiger partial charge >= 0.3 is 0 Å². The first kappa shape index (κ1) is 12.0. The molecule has 0 aromatic heterocycles. The molecule has 0 spiro atoms. The summed E-state index contributed by atoms with van der Waals surface area (Å²) in [6, 6.07) is 6.61. The first-order valence-electron chi connectivity index (χ1n) is 5.90. The highest BCUT2D eigenvalue weighted by Crippen LogP contribution is 2.34. The minimum absolute atomic E-state index is 0.0452. The molecule has 0 saturated carbocycles. The van der Waals surface area contributed by atoms with Gasteiger partial charge < -0.3 is 11.1 Å². The fourth-order valence-corrected chi connectivity index (χ4v) is 2.52. The molecule has 3 nitrogen and oxygen atoms in total. The van der Waals surface area contributed by atoms with E-state index < -0.39 is 5.41 Å². The lowest BCUT2D eigenvalue weighted by Crippen LogP contribution is -2.38. The van der Waals surface area contributed by atoms with Crippen molar-refractivity contribution < 1.29 is 9.18 Å². The molecule has 3 N–H and O–H groups in total. The minimum Gasteiger partial charge on any atom is -0.356 e. The van der Waals surface area contributed by atoms with Gasteiger partial charge in [0.1, 0.15) is 5.82 Å². The maximum Gasteiger partial charge on any atom is 0.220 e. The monoisotopic (exact) mass is 236 g/mol. The van der Waals surface area contributed by atoms with Gasteiger partial charge in [-0.05, 0) is 24.5 Å². The Balaban J connectivity index is 2.42. The van der Waals surface area contributed by atoms with Gasteiger partial charge in [-0.3, -0.25) is 4.79 Å². The van der Waals surface area contributed by atoms with Crippen LogP contribution in [0, 0.1) is 5.82 Å². The van der Waals surface area contributed by atoms with Gasteiger partial charge in [-0.1, -0.05) is 18.2 Å². The molecule has 92 valence electrons.